The largest absolute Gasteiger partial charge is 0.490 e. The van der Waals surface area contributed by atoms with Crippen molar-refractivity contribution in [1.29, 1.82) is 16.2 Å². The highest BCUT2D eigenvalue weighted by Gasteiger charge is 2.41. The molecule has 0 aliphatic carbocycles. The monoisotopic (exact) mass is 2110 g/mol. The third kappa shape index (κ3) is 42.7. The van der Waals surface area contributed by atoms with Crippen LogP contribution in [-0.2, 0) is 60.8 Å². The maximum atomic E-state index is 12.9. The van der Waals surface area contributed by atoms with Crippen molar-refractivity contribution in [2.24, 2.45) is 23.1 Å². The van der Waals surface area contributed by atoms with E-state index in [0.717, 1.165) is 102 Å². The van der Waals surface area contributed by atoms with Crippen LogP contribution >= 0.6 is 34.0 Å². The number of aliphatic carboxylic acids is 4. The number of carbonyl (C=O) groups is 9. The maximum absolute atomic E-state index is 12.9. The van der Waals surface area contributed by atoms with E-state index in [0.29, 0.717) is 75.4 Å². The number of likely N-dealkylation sites (N-methyl/N-ethyl adjacent to an activating group) is 1. The fourth-order valence-electron chi connectivity index (χ4n) is 12.1. The Morgan fingerprint density at radius 2 is 0.685 bits per heavy atom. The minimum absolute atomic E-state index is 0.00416. The number of hydrogen-bond donors (Lipinski definition) is 17. The van der Waals surface area contributed by atoms with Gasteiger partial charge in [-0.3, -0.25) is 41.8 Å². The zero-order valence-corrected chi connectivity index (χ0v) is 80.0. The van der Waals surface area contributed by atoms with E-state index in [1.54, 1.807) is 7.11 Å². The van der Waals surface area contributed by atoms with Crippen LogP contribution in [0.4, 0.5) is 89.8 Å². The molecule has 3 unspecified atom stereocenters. The lowest BCUT2D eigenvalue weighted by molar-refractivity contribution is -0.193. The molecule has 20 N–H and O–H groups in total. The van der Waals surface area contributed by atoms with Gasteiger partial charge < -0.3 is 101 Å². The van der Waals surface area contributed by atoms with Crippen LogP contribution in [0.15, 0.2) is 237 Å². The molecule has 3 amide bonds. The van der Waals surface area contributed by atoms with Crippen LogP contribution in [-0.4, -0.2) is 213 Å². The predicted molar refractivity (Wildman–Crippen MR) is 524 cm³/mol. The number of amides is 3. The Kier molecular flexibility index (Phi) is 50.0. The summed E-state index contributed by atoms with van der Waals surface area (Å²) < 4.78 is 171. The normalized spacial score (nSPS) is 12.1. The summed E-state index contributed by atoms with van der Waals surface area (Å²) in [6, 6.07) is 74.8. The van der Waals surface area contributed by atoms with Crippen molar-refractivity contribution in [1.82, 2.24) is 15.5 Å². The second-order valence-electron chi connectivity index (χ2n) is 30.0. The van der Waals surface area contributed by atoms with Crippen molar-refractivity contribution < 1.29 is 160 Å². The third-order valence-corrected chi connectivity index (χ3v) is 22.3. The summed E-state index contributed by atoms with van der Waals surface area (Å²) >= 11 is 4.32. The number of alkyl halides is 12. The third-order valence-electron chi connectivity index (χ3n) is 18.9. The number of halogens is 12. The SMILES string of the molecule is CC(C)CNCc1ccccc1NC(=O)OCC(Oc1cccc2sc(C(=N)N)cc12)c1ccccc1.CN1CCN(c2ccccc2NC(=O)OCC(Oc2cccc3sc(C(=N)N)cc23)c2ccccc2)CC1.COCCNCc1ccccc1NC(=O)OCC(Oc1cccc2sc(C(=N)N)cc12)c1ccccc1.O=C(O)C(F)(F)F.O=C(O)C(F)(F)F.O=C(O)C(F)(F)F.O=C(O)C(F)(F)F.O=CO.O=CO. The first-order valence-corrected chi connectivity index (χ1v) is 45.0. The lowest BCUT2D eigenvalue weighted by Crippen LogP contribution is -2.44. The average molecular weight is 2110 g/mol. The second kappa shape index (κ2) is 60.5. The molecule has 3 aromatic heterocycles. The molecule has 9 aromatic carbocycles. The highest BCUT2D eigenvalue weighted by atomic mass is 32.1. The molecule has 1 fully saturated rings. The fourth-order valence-corrected chi connectivity index (χ4v) is 15.0. The van der Waals surface area contributed by atoms with Crippen LogP contribution in [0.3, 0.4) is 0 Å². The van der Waals surface area contributed by atoms with Crippen molar-refractivity contribution in [3.05, 3.63) is 279 Å². The number of rotatable bonds is 31. The van der Waals surface area contributed by atoms with Gasteiger partial charge in [-0.2, -0.15) is 52.7 Å². The summed E-state index contributed by atoms with van der Waals surface area (Å²) in [5.74, 6) is -8.52. The molecular weight excluding hydrogens is 2010 g/mol. The first-order valence-electron chi connectivity index (χ1n) is 42.6. The van der Waals surface area contributed by atoms with Crippen molar-refractivity contribution in [2.45, 2.75) is 70.0 Å². The van der Waals surface area contributed by atoms with E-state index in [1.807, 2.05) is 237 Å². The van der Waals surface area contributed by atoms with Gasteiger partial charge >= 0.3 is 66.9 Å². The smallest absolute Gasteiger partial charge is 0.483 e. The average Bonchev–Trinajstić information content (AvgIpc) is 1.68. The van der Waals surface area contributed by atoms with Gasteiger partial charge in [0, 0.05) is 94.6 Å². The summed E-state index contributed by atoms with van der Waals surface area (Å²) in [6.45, 7) is 11.0. The summed E-state index contributed by atoms with van der Waals surface area (Å²) in [6.07, 6.45) is -23.6. The Balaban J connectivity index is 0.000000331. The molecule has 35 nitrogen and oxygen atoms in total. The molecule has 50 heteroatoms. The zero-order valence-electron chi connectivity index (χ0n) is 77.6. The van der Waals surface area contributed by atoms with Crippen LogP contribution in [0, 0.1) is 22.1 Å². The Labute approximate surface area is 836 Å². The summed E-state index contributed by atoms with van der Waals surface area (Å²) in [4.78, 5) is 97.4. The van der Waals surface area contributed by atoms with Crippen LogP contribution in [0.25, 0.3) is 30.3 Å². The number of carboxylic acid groups (broad SMARTS) is 6. The lowest BCUT2D eigenvalue weighted by Gasteiger charge is -2.35. The number of anilines is 4. The molecule has 13 rings (SSSR count). The van der Waals surface area contributed by atoms with Crippen molar-refractivity contribution in [3.8, 4) is 17.2 Å². The van der Waals surface area contributed by atoms with E-state index in [-0.39, 0.29) is 50.3 Å². The van der Waals surface area contributed by atoms with Gasteiger partial charge in [0.25, 0.3) is 12.9 Å². The summed E-state index contributed by atoms with van der Waals surface area (Å²) in [5.41, 5.74) is 24.8. The van der Waals surface area contributed by atoms with E-state index in [9.17, 15) is 67.1 Å². The number of hydrogen-bond acceptors (Lipinski definition) is 26. The molecular formula is C96H101F12N13O22S3. The molecule has 0 bridgehead atoms. The van der Waals surface area contributed by atoms with Gasteiger partial charge in [-0.1, -0.05) is 172 Å². The van der Waals surface area contributed by atoms with Gasteiger partial charge in [-0.15, -0.1) is 34.0 Å². The second-order valence-corrected chi connectivity index (χ2v) is 33.3. The fraction of sp³-hybridized carbons (Fsp3) is 0.250. The van der Waals surface area contributed by atoms with Crippen LogP contribution < -0.4 is 62.9 Å². The Bertz CT molecular complexity index is 6120. The molecule has 146 heavy (non-hydrogen) atoms. The topological polar surface area (TPSA) is 556 Å². The lowest BCUT2D eigenvalue weighted by atomic mass is 10.1. The molecule has 1 aliphatic heterocycles. The molecule has 0 spiro atoms. The Morgan fingerprint density at radius 3 is 0.973 bits per heavy atom. The van der Waals surface area contributed by atoms with Gasteiger partial charge in [-0.05, 0) is 126 Å². The van der Waals surface area contributed by atoms with Crippen LogP contribution in [0.1, 0.15) is 74.6 Å². The zero-order chi connectivity index (χ0) is 108. The molecule has 784 valence electrons. The molecule has 1 saturated heterocycles. The standard InChI is InChI=1S/C29H31N5O3S.C29H32N4O3S.C28H30N4O4S.4C2HF3O2.2CH2O2/c1-33-14-16-34(17-15-33)23-11-6-5-10-22(23)32-29(35)36-19-25(20-8-3-2-4-9-20)37-24-12-7-13-26-21(24)18-27(38-26)28(30)31;1-19(2)16-32-17-21-11-6-7-12-23(21)33-29(34)35-18-25(20-9-4-3-5-10-20)36-24-13-8-14-26-22(24)15-27(37-26)28(30)31;1-34-15-14-31-17-20-10-5-6-11-22(20)32-28(33)35-18-24(19-8-3-2-4-9-19)36-23-12-7-13-25-21(23)16-26(37-25)27(29)30;4*3-2(4,5)1(6)7;2*2-1-3/h2-13,18,25H,14-17,19H2,1H3,(H3,30,31)(H,32,35);3-15,19,25,32H,16-18H2,1-2H3,(H3,30,31)(H,33,34);2-13,16,24,31H,14-15,17-18H2,1H3,(H3,29,30)(H,32,33);4*(H,6,7);2*1H,(H,2,3). The number of fused-ring (bicyclic) bond motifs is 3. The number of para-hydroxylation sites is 4. The number of carboxylic acids is 4. The van der Waals surface area contributed by atoms with Crippen LogP contribution in [0.5, 0.6) is 17.2 Å². The first kappa shape index (κ1) is 121. The van der Waals surface area contributed by atoms with E-state index >= 15 is 0 Å². The number of carbonyl (C=O) groups excluding carboxylic acids is 3. The van der Waals surface area contributed by atoms with Gasteiger partial charge in [0.1, 0.15) is 54.6 Å². The molecule has 3 atom stereocenters. The molecule has 0 saturated carbocycles. The number of thiophene rings is 3. The van der Waals surface area contributed by atoms with Crippen molar-refractivity contribution >= 4 is 160 Å². The number of ether oxygens (including phenoxy) is 7. The highest BCUT2D eigenvalue weighted by molar-refractivity contribution is 7.21. The minimum Gasteiger partial charge on any atom is -0.483 e. The molecule has 4 heterocycles. The number of nitrogen functional groups attached to an aromatic ring is 3. The minimum atomic E-state index is -5.08. The Morgan fingerprint density at radius 1 is 0.411 bits per heavy atom. The van der Waals surface area contributed by atoms with Crippen molar-refractivity contribution in [2.75, 3.05) is 101 Å². The van der Waals surface area contributed by atoms with Gasteiger partial charge in [-0.25, -0.2) is 33.6 Å². The number of benzene rings is 9. The van der Waals surface area contributed by atoms with E-state index in [4.69, 9.17) is 126 Å². The molecule has 12 aromatic rings. The molecule has 0 radical (unpaired) electrons. The number of nitrogens with zero attached hydrogens (tertiary/aromatic N) is 2. The molecule has 1 aliphatic rings. The van der Waals surface area contributed by atoms with Crippen molar-refractivity contribution in [3.63, 3.8) is 0 Å². The number of methoxy groups -OCH3 is 1. The highest BCUT2D eigenvalue weighted by Crippen LogP contribution is 2.40. The van der Waals surface area contributed by atoms with Gasteiger partial charge in [0.05, 0.1) is 32.6 Å². The van der Waals surface area contributed by atoms with Gasteiger partial charge in [0.15, 0.2) is 18.3 Å². The Hall–Kier alpha value is -15.9. The predicted octanol–water partition coefficient (Wildman–Crippen LogP) is 18.8. The number of piperazine rings is 1. The summed E-state index contributed by atoms with van der Waals surface area (Å²) in [5, 5.41) is 83.5. The van der Waals surface area contributed by atoms with Crippen LogP contribution in [0.2, 0.25) is 0 Å². The summed E-state index contributed by atoms with van der Waals surface area (Å²) in [7, 11) is 3.77. The van der Waals surface area contributed by atoms with Gasteiger partial charge in [0.2, 0.25) is 0 Å². The van der Waals surface area contributed by atoms with E-state index < -0.39 is 85.2 Å². The maximum Gasteiger partial charge on any atom is 0.490 e. The van der Waals surface area contributed by atoms with E-state index in [1.165, 1.54) is 34.0 Å². The number of nitrogens with one attached hydrogen (secondary N) is 8. The number of amidine groups is 3. The number of nitrogens with two attached hydrogens (primary N) is 3. The van der Waals surface area contributed by atoms with E-state index in [2.05, 4.69) is 57.3 Å². The quantitative estimate of drug-likeness (QED) is 0.00479. The first-order chi connectivity index (χ1) is 69.0.